The lowest BCUT2D eigenvalue weighted by Gasteiger charge is -2.27. The number of aromatic carboxylic acids is 1. The summed E-state index contributed by atoms with van der Waals surface area (Å²) in [6, 6.07) is 3.10. The molecule has 1 aromatic rings. The van der Waals surface area contributed by atoms with Gasteiger partial charge in [0.05, 0.1) is 16.7 Å². The molecule has 0 bridgehead atoms. The van der Waals surface area contributed by atoms with Gasteiger partial charge in [0, 0.05) is 0 Å². The second-order valence-electron chi connectivity index (χ2n) is 5.04. The van der Waals surface area contributed by atoms with Crippen molar-refractivity contribution >= 4 is 17.8 Å². The number of hydrogen-bond donors (Lipinski definition) is 1. The average Bonchev–Trinajstić information content (AvgIpc) is 3.14. The summed E-state index contributed by atoms with van der Waals surface area (Å²) >= 11 is 0. The number of fused-ring (bicyclic) bond motifs is 1. The van der Waals surface area contributed by atoms with Crippen LogP contribution in [0.4, 0.5) is 13.2 Å². The van der Waals surface area contributed by atoms with Gasteiger partial charge in [-0.2, -0.15) is 13.2 Å². The maximum atomic E-state index is 13.1. The molecule has 1 fully saturated rings. The van der Waals surface area contributed by atoms with Crippen molar-refractivity contribution in [2.45, 2.75) is 24.6 Å². The zero-order valence-corrected chi connectivity index (χ0v) is 10.4. The summed E-state index contributed by atoms with van der Waals surface area (Å²) in [5, 5.41) is 8.85. The number of carbonyl (C=O) groups is 3. The maximum absolute atomic E-state index is 13.1. The fourth-order valence-corrected chi connectivity index (χ4v) is 2.51. The molecule has 8 heteroatoms. The van der Waals surface area contributed by atoms with Crippen LogP contribution in [-0.4, -0.2) is 39.5 Å². The molecule has 1 N–H and O–H groups in total. The van der Waals surface area contributed by atoms with Crippen molar-refractivity contribution in [2.75, 3.05) is 0 Å². The molecule has 0 aromatic heterocycles. The molecule has 3 rings (SSSR count). The van der Waals surface area contributed by atoms with Crippen LogP contribution >= 0.6 is 0 Å². The molecule has 1 saturated carbocycles. The van der Waals surface area contributed by atoms with Crippen LogP contribution in [-0.2, 0) is 0 Å². The van der Waals surface area contributed by atoms with Gasteiger partial charge in [-0.05, 0) is 31.0 Å². The summed E-state index contributed by atoms with van der Waals surface area (Å²) in [6.07, 6.45) is -5.35. The number of amides is 2. The van der Waals surface area contributed by atoms with E-state index in [1.165, 1.54) is 0 Å². The van der Waals surface area contributed by atoms with Crippen LogP contribution in [0.1, 0.15) is 43.9 Å². The normalized spacial score (nSPS) is 19.7. The molecule has 2 amide bonds. The van der Waals surface area contributed by atoms with E-state index in [1.54, 1.807) is 0 Å². The predicted octanol–water partition coefficient (Wildman–Crippen LogP) is 2.08. The van der Waals surface area contributed by atoms with E-state index in [0.29, 0.717) is 0 Å². The summed E-state index contributed by atoms with van der Waals surface area (Å²) in [5.41, 5.74) is -3.19. The highest BCUT2D eigenvalue weighted by Gasteiger charge is 2.71. The van der Waals surface area contributed by atoms with Crippen molar-refractivity contribution in [1.82, 2.24) is 4.90 Å². The summed E-state index contributed by atoms with van der Waals surface area (Å²) in [6.45, 7) is 0. The Morgan fingerprint density at radius 3 is 2.19 bits per heavy atom. The standard InChI is InChI=1S/C13H8F3NO4/c14-13(15,16)12(3-4-12)17-9(18)7-2-1-6(11(20)21)5-8(7)10(17)19/h1-2,5H,3-4H2,(H,20,21). The van der Waals surface area contributed by atoms with Crippen molar-refractivity contribution in [3.8, 4) is 0 Å². The van der Waals surface area contributed by atoms with Gasteiger partial charge in [-0.15, -0.1) is 0 Å². The monoisotopic (exact) mass is 299 g/mol. The fraction of sp³-hybridized carbons (Fsp3) is 0.308. The van der Waals surface area contributed by atoms with E-state index in [0.717, 1.165) is 18.2 Å². The van der Waals surface area contributed by atoms with Gasteiger partial charge in [-0.25, -0.2) is 4.79 Å². The Kier molecular flexibility index (Phi) is 2.48. The first-order valence-corrected chi connectivity index (χ1v) is 6.02. The molecule has 1 aliphatic carbocycles. The Morgan fingerprint density at radius 1 is 1.14 bits per heavy atom. The van der Waals surface area contributed by atoms with Crippen LogP contribution in [0.2, 0.25) is 0 Å². The van der Waals surface area contributed by atoms with Crippen molar-refractivity contribution < 1.29 is 32.7 Å². The number of carboxylic acid groups (broad SMARTS) is 1. The largest absolute Gasteiger partial charge is 0.478 e. The van der Waals surface area contributed by atoms with E-state index < -0.39 is 29.5 Å². The number of carboxylic acids is 1. The van der Waals surface area contributed by atoms with Gasteiger partial charge in [0.15, 0.2) is 0 Å². The minimum atomic E-state index is -4.70. The first kappa shape index (κ1) is 13.6. The number of hydrogen-bond acceptors (Lipinski definition) is 3. The van der Waals surface area contributed by atoms with E-state index in [2.05, 4.69) is 0 Å². The molecule has 0 saturated heterocycles. The summed E-state index contributed by atoms with van der Waals surface area (Å²) in [4.78, 5) is 35.3. The molecule has 21 heavy (non-hydrogen) atoms. The number of imide groups is 1. The van der Waals surface area contributed by atoms with Crippen LogP contribution in [0, 0.1) is 0 Å². The lowest BCUT2D eigenvalue weighted by atomic mass is 10.1. The summed E-state index contributed by atoms with van der Waals surface area (Å²) < 4.78 is 39.3. The van der Waals surface area contributed by atoms with E-state index in [9.17, 15) is 27.6 Å². The molecule has 1 aliphatic heterocycles. The quantitative estimate of drug-likeness (QED) is 0.848. The minimum absolute atomic E-state index is 0.194. The second kappa shape index (κ2) is 3.84. The average molecular weight is 299 g/mol. The highest BCUT2D eigenvalue weighted by molar-refractivity contribution is 6.22. The van der Waals surface area contributed by atoms with Gasteiger partial charge in [0.1, 0.15) is 5.54 Å². The van der Waals surface area contributed by atoms with Gasteiger partial charge in [0.2, 0.25) is 0 Å². The third kappa shape index (κ3) is 1.68. The number of carbonyl (C=O) groups excluding carboxylic acids is 2. The highest BCUT2D eigenvalue weighted by Crippen LogP contribution is 2.55. The molecule has 0 spiro atoms. The van der Waals surface area contributed by atoms with E-state index in [1.807, 2.05) is 0 Å². The number of benzene rings is 1. The topological polar surface area (TPSA) is 74.7 Å². The van der Waals surface area contributed by atoms with Crippen LogP contribution in [0.25, 0.3) is 0 Å². The lowest BCUT2D eigenvalue weighted by molar-refractivity contribution is -0.181. The van der Waals surface area contributed by atoms with E-state index >= 15 is 0 Å². The predicted molar refractivity (Wildman–Crippen MR) is 61.9 cm³/mol. The maximum Gasteiger partial charge on any atom is 0.412 e. The van der Waals surface area contributed by atoms with Crippen LogP contribution < -0.4 is 0 Å². The minimum Gasteiger partial charge on any atom is -0.478 e. The molecule has 1 aromatic carbocycles. The van der Waals surface area contributed by atoms with Gasteiger partial charge in [-0.3, -0.25) is 14.5 Å². The fourth-order valence-electron chi connectivity index (χ4n) is 2.51. The van der Waals surface area contributed by atoms with E-state index in [-0.39, 0.29) is 34.4 Å². The highest BCUT2D eigenvalue weighted by atomic mass is 19.4. The molecule has 0 atom stereocenters. The summed E-state index contributed by atoms with van der Waals surface area (Å²) in [7, 11) is 0. The second-order valence-corrected chi connectivity index (χ2v) is 5.04. The van der Waals surface area contributed by atoms with Gasteiger partial charge >= 0.3 is 12.1 Å². The summed E-state index contributed by atoms with van der Waals surface area (Å²) in [5.74, 6) is -3.44. The van der Waals surface area contributed by atoms with Crippen LogP contribution in [0.5, 0.6) is 0 Å². The Morgan fingerprint density at radius 2 is 1.71 bits per heavy atom. The molecule has 1 heterocycles. The Bertz CT molecular complexity index is 691. The Labute approximate surface area is 116 Å². The molecule has 0 radical (unpaired) electrons. The van der Waals surface area contributed by atoms with Crippen molar-refractivity contribution in [2.24, 2.45) is 0 Å². The first-order chi connectivity index (χ1) is 9.69. The van der Waals surface area contributed by atoms with Crippen molar-refractivity contribution in [3.63, 3.8) is 0 Å². The first-order valence-electron chi connectivity index (χ1n) is 6.02. The number of nitrogens with zero attached hydrogens (tertiary/aromatic N) is 1. The van der Waals surface area contributed by atoms with Crippen molar-refractivity contribution in [1.29, 1.82) is 0 Å². The number of alkyl halides is 3. The van der Waals surface area contributed by atoms with E-state index in [4.69, 9.17) is 5.11 Å². The van der Waals surface area contributed by atoms with Crippen molar-refractivity contribution in [3.05, 3.63) is 34.9 Å². The molecule has 110 valence electrons. The van der Waals surface area contributed by atoms with Gasteiger partial charge in [-0.1, -0.05) is 0 Å². The zero-order chi connectivity index (χ0) is 15.6. The van der Waals surface area contributed by atoms with Crippen LogP contribution in [0.15, 0.2) is 18.2 Å². The molecular weight excluding hydrogens is 291 g/mol. The Hall–Kier alpha value is -2.38. The number of rotatable bonds is 2. The van der Waals surface area contributed by atoms with Gasteiger partial charge in [0.25, 0.3) is 11.8 Å². The smallest absolute Gasteiger partial charge is 0.412 e. The zero-order valence-electron chi connectivity index (χ0n) is 10.4. The van der Waals surface area contributed by atoms with Crippen LogP contribution in [0.3, 0.4) is 0 Å². The lowest BCUT2D eigenvalue weighted by Crippen LogP contribution is -2.51. The third-order valence-electron chi connectivity index (χ3n) is 3.81. The third-order valence-corrected chi connectivity index (χ3v) is 3.81. The molecular formula is C13H8F3NO4. The van der Waals surface area contributed by atoms with Gasteiger partial charge < -0.3 is 5.11 Å². The Balaban J connectivity index is 2.08. The molecule has 2 aliphatic rings. The molecule has 5 nitrogen and oxygen atoms in total. The molecule has 0 unspecified atom stereocenters. The number of halogens is 3. The SMILES string of the molecule is O=C(O)c1ccc2c(c1)C(=O)N(C1(C(F)(F)F)CC1)C2=O.